The number of benzene rings is 1. The van der Waals surface area contributed by atoms with Gasteiger partial charge in [0.1, 0.15) is 22.8 Å². The number of nitrogens with zero attached hydrogens (tertiary/aromatic N) is 1. The minimum atomic E-state index is -0.715. The molecule has 2 rings (SSSR count). The second-order valence-corrected chi connectivity index (χ2v) is 8.29. The molecule has 2 aromatic rings. The molecule has 0 aliphatic rings. The summed E-state index contributed by atoms with van der Waals surface area (Å²) in [4.78, 5) is 51.3. The maximum atomic E-state index is 12.3. The third kappa shape index (κ3) is 7.51. The van der Waals surface area contributed by atoms with E-state index in [4.69, 9.17) is 4.74 Å². The van der Waals surface area contributed by atoms with Crippen molar-refractivity contribution in [3.63, 3.8) is 0 Å². The number of aromatic nitrogens is 1. The van der Waals surface area contributed by atoms with Crippen molar-refractivity contribution in [1.29, 1.82) is 0 Å². The van der Waals surface area contributed by atoms with Gasteiger partial charge in [-0.3, -0.25) is 19.7 Å². The number of esters is 1. The largest absolute Gasteiger partial charge is 0.468 e. The van der Waals surface area contributed by atoms with E-state index in [1.165, 1.54) is 23.8 Å². The number of methoxy groups -OCH3 is 1. The van der Waals surface area contributed by atoms with Crippen LogP contribution in [0.25, 0.3) is 10.6 Å². The maximum Gasteiger partial charge on any atom is 0.412 e. The first kappa shape index (κ1) is 24.5. The Hall–Kier alpha value is -3.73. The minimum absolute atomic E-state index is 0.0999. The summed E-state index contributed by atoms with van der Waals surface area (Å²) in [6, 6.07) is 6.86. The molecular formula is C21H24N4O6S. The molecule has 11 heteroatoms. The summed E-state index contributed by atoms with van der Waals surface area (Å²) in [5.74, 6) is -1.96. The SMILES string of the molecule is C=C(NC(=O)c1csc(-c2ccc(NC(=O)OC(C)(C)C)cc2)n1)C(=O)NCC(=O)OC. The highest BCUT2D eigenvalue weighted by Gasteiger charge is 2.18. The van der Waals surface area contributed by atoms with Gasteiger partial charge in [0.15, 0.2) is 0 Å². The summed E-state index contributed by atoms with van der Waals surface area (Å²) in [7, 11) is 1.19. The fourth-order valence-corrected chi connectivity index (χ4v) is 3.02. The molecule has 0 bridgehead atoms. The molecule has 170 valence electrons. The van der Waals surface area contributed by atoms with Crippen molar-refractivity contribution in [3.8, 4) is 10.6 Å². The summed E-state index contributed by atoms with van der Waals surface area (Å²) in [6.07, 6.45) is -0.561. The summed E-state index contributed by atoms with van der Waals surface area (Å²) in [6.45, 7) is 8.46. The Balaban J connectivity index is 1.96. The molecule has 0 saturated carbocycles. The van der Waals surface area contributed by atoms with E-state index in [1.807, 2.05) is 0 Å². The van der Waals surface area contributed by atoms with Crippen molar-refractivity contribution in [2.24, 2.45) is 0 Å². The Bertz CT molecular complexity index is 1020. The number of rotatable bonds is 7. The Morgan fingerprint density at radius 3 is 2.38 bits per heavy atom. The predicted octanol–water partition coefficient (Wildman–Crippen LogP) is 2.69. The molecule has 1 aromatic heterocycles. The summed E-state index contributed by atoms with van der Waals surface area (Å²) in [5, 5.41) is 9.35. The van der Waals surface area contributed by atoms with Crippen molar-refractivity contribution in [2.45, 2.75) is 26.4 Å². The normalized spacial score (nSPS) is 10.6. The van der Waals surface area contributed by atoms with Gasteiger partial charge in [0.2, 0.25) is 0 Å². The summed E-state index contributed by atoms with van der Waals surface area (Å²) < 4.78 is 9.62. The number of anilines is 1. The van der Waals surface area contributed by atoms with Gasteiger partial charge in [-0.2, -0.15) is 0 Å². The molecule has 0 saturated heterocycles. The lowest BCUT2D eigenvalue weighted by atomic mass is 10.2. The monoisotopic (exact) mass is 460 g/mol. The van der Waals surface area contributed by atoms with Crippen LogP contribution in [0.4, 0.5) is 10.5 Å². The molecule has 1 aromatic carbocycles. The zero-order valence-electron chi connectivity index (χ0n) is 18.1. The summed E-state index contributed by atoms with van der Waals surface area (Å²) in [5.41, 5.74) is 0.550. The third-order valence-corrected chi connectivity index (χ3v) is 4.56. The van der Waals surface area contributed by atoms with Crippen LogP contribution in [0, 0.1) is 0 Å². The van der Waals surface area contributed by atoms with Gasteiger partial charge in [-0.05, 0) is 45.0 Å². The molecule has 0 aliphatic carbocycles. The van der Waals surface area contributed by atoms with Crippen LogP contribution in [-0.4, -0.2) is 48.1 Å². The van der Waals surface area contributed by atoms with Gasteiger partial charge in [0, 0.05) is 16.6 Å². The Kier molecular flexibility index (Phi) is 8.08. The van der Waals surface area contributed by atoms with Crippen LogP contribution in [0.3, 0.4) is 0 Å². The number of ether oxygens (including phenoxy) is 2. The first-order chi connectivity index (χ1) is 15.0. The van der Waals surface area contributed by atoms with Gasteiger partial charge >= 0.3 is 12.1 Å². The average molecular weight is 461 g/mol. The molecule has 0 atom stereocenters. The number of hydrogen-bond donors (Lipinski definition) is 3. The average Bonchev–Trinajstić information content (AvgIpc) is 3.21. The van der Waals surface area contributed by atoms with Crippen LogP contribution in [0.15, 0.2) is 41.9 Å². The first-order valence-electron chi connectivity index (χ1n) is 9.39. The van der Waals surface area contributed by atoms with Gasteiger partial charge in [-0.15, -0.1) is 11.3 Å². The Labute approximate surface area is 189 Å². The lowest BCUT2D eigenvalue weighted by Gasteiger charge is -2.19. The number of carbonyl (C=O) groups excluding carboxylic acids is 4. The highest BCUT2D eigenvalue weighted by atomic mass is 32.1. The highest BCUT2D eigenvalue weighted by Crippen LogP contribution is 2.25. The van der Waals surface area contributed by atoms with E-state index in [2.05, 4.69) is 32.3 Å². The lowest BCUT2D eigenvalue weighted by Crippen LogP contribution is -2.37. The molecule has 3 N–H and O–H groups in total. The van der Waals surface area contributed by atoms with Crippen molar-refractivity contribution < 1.29 is 28.7 Å². The zero-order valence-corrected chi connectivity index (χ0v) is 18.9. The van der Waals surface area contributed by atoms with E-state index in [9.17, 15) is 19.2 Å². The van der Waals surface area contributed by atoms with Gasteiger partial charge in [0.25, 0.3) is 11.8 Å². The number of carbonyl (C=O) groups is 4. The van der Waals surface area contributed by atoms with E-state index in [0.29, 0.717) is 10.7 Å². The number of nitrogens with one attached hydrogen (secondary N) is 3. The molecule has 3 amide bonds. The van der Waals surface area contributed by atoms with E-state index < -0.39 is 29.5 Å². The van der Waals surface area contributed by atoms with Gasteiger partial charge < -0.3 is 20.1 Å². The van der Waals surface area contributed by atoms with Crippen molar-refractivity contribution in [1.82, 2.24) is 15.6 Å². The van der Waals surface area contributed by atoms with Crippen molar-refractivity contribution in [3.05, 3.63) is 47.6 Å². The number of thiazole rings is 1. The molecular weight excluding hydrogens is 436 g/mol. The third-order valence-electron chi connectivity index (χ3n) is 3.67. The molecule has 32 heavy (non-hydrogen) atoms. The highest BCUT2D eigenvalue weighted by molar-refractivity contribution is 7.13. The number of hydrogen-bond acceptors (Lipinski definition) is 8. The Morgan fingerprint density at radius 1 is 1.12 bits per heavy atom. The molecule has 0 spiro atoms. The van der Waals surface area contributed by atoms with Crippen LogP contribution in [0.2, 0.25) is 0 Å². The summed E-state index contributed by atoms with van der Waals surface area (Å²) >= 11 is 1.24. The Morgan fingerprint density at radius 2 is 1.78 bits per heavy atom. The molecule has 0 radical (unpaired) electrons. The van der Waals surface area contributed by atoms with Gasteiger partial charge in [-0.25, -0.2) is 9.78 Å². The molecule has 0 unspecified atom stereocenters. The van der Waals surface area contributed by atoms with Gasteiger partial charge in [-0.1, -0.05) is 6.58 Å². The van der Waals surface area contributed by atoms with Crippen LogP contribution in [-0.2, 0) is 19.1 Å². The van der Waals surface area contributed by atoms with Crippen LogP contribution < -0.4 is 16.0 Å². The van der Waals surface area contributed by atoms with E-state index in [-0.39, 0.29) is 17.9 Å². The second-order valence-electron chi connectivity index (χ2n) is 7.43. The van der Waals surface area contributed by atoms with Crippen LogP contribution in [0.5, 0.6) is 0 Å². The van der Waals surface area contributed by atoms with Crippen molar-refractivity contribution in [2.75, 3.05) is 19.0 Å². The number of amides is 3. The van der Waals surface area contributed by atoms with E-state index in [1.54, 1.807) is 45.0 Å². The second kappa shape index (κ2) is 10.5. The van der Waals surface area contributed by atoms with Crippen LogP contribution in [0.1, 0.15) is 31.3 Å². The molecule has 1 heterocycles. The predicted molar refractivity (Wildman–Crippen MR) is 119 cm³/mol. The van der Waals surface area contributed by atoms with Crippen molar-refractivity contribution >= 4 is 40.9 Å². The molecule has 0 aliphatic heterocycles. The van der Waals surface area contributed by atoms with Gasteiger partial charge in [0.05, 0.1) is 12.8 Å². The van der Waals surface area contributed by atoms with Crippen LogP contribution >= 0.6 is 11.3 Å². The quantitative estimate of drug-likeness (QED) is 0.427. The molecule has 0 fully saturated rings. The molecule has 10 nitrogen and oxygen atoms in total. The maximum absolute atomic E-state index is 12.3. The zero-order chi connectivity index (χ0) is 23.9. The van der Waals surface area contributed by atoms with E-state index in [0.717, 1.165) is 5.56 Å². The minimum Gasteiger partial charge on any atom is -0.468 e. The van der Waals surface area contributed by atoms with E-state index >= 15 is 0 Å². The first-order valence-corrected chi connectivity index (χ1v) is 10.3. The smallest absolute Gasteiger partial charge is 0.412 e. The fourth-order valence-electron chi connectivity index (χ4n) is 2.22. The fraction of sp³-hybridized carbons (Fsp3) is 0.286. The standard InChI is InChI=1S/C21H24N4O6S/c1-12(17(27)22-10-16(26)30-5)23-18(28)15-11-32-19(25-15)13-6-8-14(9-7-13)24-20(29)31-21(2,3)4/h6-9,11H,1,10H2,2-5H3,(H,22,27)(H,23,28)(H,24,29). The topological polar surface area (TPSA) is 136 Å². The lowest BCUT2D eigenvalue weighted by molar-refractivity contribution is -0.140.